The van der Waals surface area contributed by atoms with Gasteiger partial charge in [0.2, 0.25) is 5.91 Å². The van der Waals surface area contributed by atoms with Crippen LogP contribution in [-0.4, -0.2) is 47.3 Å². The Morgan fingerprint density at radius 2 is 2.05 bits per heavy atom. The molecule has 1 aliphatic heterocycles. The maximum atomic E-state index is 11.9. The molecule has 1 aromatic carbocycles. The van der Waals surface area contributed by atoms with Gasteiger partial charge in [-0.2, -0.15) is 0 Å². The summed E-state index contributed by atoms with van der Waals surface area (Å²) in [5, 5.41) is 11.4. The van der Waals surface area contributed by atoms with Crippen molar-refractivity contribution in [1.29, 1.82) is 0 Å². The highest BCUT2D eigenvalue weighted by Gasteiger charge is 2.29. The van der Waals surface area contributed by atoms with Crippen molar-refractivity contribution in [1.82, 2.24) is 4.90 Å². The Hall–Kier alpha value is -2.21. The van der Waals surface area contributed by atoms with Gasteiger partial charge in [-0.1, -0.05) is 12.1 Å². The Bertz CT molecular complexity index is 565. The molecular formula is C15H18N2O4. The lowest BCUT2D eigenvalue weighted by molar-refractivity contribution is -0.139. The van der Waals surface area contributed by atoms with E-state index in [4.69, 9.17) is 5.11 Å². The van der Waals surface area contributed by atoms with E-state index in [1.54, 1.807) is 24.3 Å². The van der Waals surface area contributed by atoms with E-state index in [1.165, 1.54) is 6.92 Å². The first-order valence-electron chi connectivity index (χ1n) is 6.79. The minimum absolute atomic E-state index is 0.0506. The van der Waals surface area contributed by atoms with Crippen LogP contribution in [0.5, 0.6) is 0 Å². The first-order chi connectivity index (χ1) is 9.94. The molecule has 1 aromatic rings. The fourth-order valence-electron chi connectivity index (χ4n) is 2.40. The largest absolute Gasteiger partial charge is 0.481 e. The molecule has 0 radical (unpaired) electrons. The number of rotatable bonds is 6. The topological polar surface area (TPSA) is 86.7 Å². The van der Waals surface area contributed by atoms with Gasteiger partial charge in [-0.05, 0) is 25.0 Å². The van der Waals surface area contributed by atoms with Crippen molar-refractivity contribution in [2.24, 2.45) is 5.92 Å². The Morgan fingerprint density at radius 3 is 2.67 bits per heavy atom. The summed E-state index contributed by atoms with van der Waals surface area (Å²) in [4.78, 5) is 35.6. The highest BCUT2D eigenvalue weighted by atomic mass is 16.4. The molecule has 112 valence electrons. The van der Waals surface area contributed by atoms with Crippen LogP contribution in [0.2, 0.25) is 0 Å². The Kier molecular flexibility index (Phi) is 4.70. The summed E-state index contributed by atoms with van der Waals surface area (Å²) < 4.78 is 0. The molecule has 1 aliphatic rings. The number of carboxylic acid groups (broad SMARTS) is 1. The van der Waals surface area contributed by atoms with Crippen molar-refractivity contribution in [2.75, 3.05) is 25.0 Å². The second kappa shape index (κ2) is 6.49. The number of carboxylic acids is 1. The Morgan fingerprint density at radius 1 is 1.33 bits per heavy atom. The van der Waals surface area contributed by atoms with Gasteiger partial charge in [0.1, 0.15) is 0 Å². The number of nitrogens with one attached hydrogen (secondary N) is 1. The van der Waals surface area contributed by atoms with Crippen molar-refractivity contribution in [2.45, 2.75) is 13.3 Å². The van der Waals surface area contributed by atoms with E-state index in [9.17, 15) is 14.4 Å². The smallest absolute Gasteiger partial charge is 0.303 e. The maximum Gasteiger partial charge on any atom is 0.303 e. The van der Waals surface area contributed by atoms with Crippen LogP contribution in [0, 0.1) is 5.92 Å². The van der Waals surface area contributed by atoms with Crippen LogP contribution in [0.15, 0.2) is 24.3 Å². The highest BCUT2D eigenvalue weighted by molar-refractivity contribution is 5.97. The van der Waals surface area contributed by atoms with E-state index < -0.39 is 5.97 Å². The average molecular weight is 290 g/mol. The Balaban J connectivity index is 1.79. The molecule has 1 amide bonds. The van der Waals surface area contributed by atoms with Gasteiger partial charge in [0.25, 0.3) is 0 Å². The minimum Gasteiger partial charge on any atom is -0.481 e. The van der Waals surface area contributed by atoms with Gasteiger partial charge in [-0.25, -0.2) is 0 Å². The summed E-state index contributed by atoms with van der Waals surface area (Å²) in [6, 6.07) is 6.79. The zero-order valence-corrected chi connectivity index (χ0v) is 11.8. The molecule has 0 aromatic heterocycles. The summed E-state index contributed by atoms with van der Waals surface area (Å²) in [5.74, 6) is -0.878. The van der Waals surface area contributed by atoms with Crippen molar-refractivity contribution < 1.29 is 19.5 Å². The number of likely N-dealkylation sites (tertiary alicyclic amines) is 1. The molecule has 0 aliphatic carbocycles. The minimum atomic E-state index is -0.801. The number of amides is 1. The normalized spacial score (nSPS) is 15.3. The van der Waals surface area contributed by atoms with E-state index in [0.29, 0.717) is 24.3 Å². The van der Waals surface area contributed by atoms with Crippen LogP contribution in [-0.2, 0) is 9.59 Å². The predicted octanol–water partition coefficient (Wildman–Crippen LogP) is 1.23. The molecule has 1 heterocycles. The molecular weight excluding hydrogens is 272 g/mol. The highest BCUT2D eigenvalue weighted by Crippen LogP contribution is 2.19. The lowest BCUT2D eigenvalue weighted by Gasteiger charge is -2.37. The molecule has 1 saturated heterocycles. The fourth-order valence-corrected chi connectivity index (χ4v) is 2.40. The molecule has 6 nitrogen and oxygen atoms in total. The Labute approximate surface area is 122 Å². The summed E-state index contributed by atoms with van der Waals surface area (Å²) in [7, 11) is 0. The number of Topliss-reactive ketones (excluding diaryl/α,β-unsaturated/α-hetero) is 1. The zero-order valence-electron chi connectivity index (χ0n) is 11.8. The van der Waals surface area contributed by atoms with Gasteiger partial charge in [0, 0.05) is 24.3 Å². The molecule has 6 heteroatoms. The second-order valence-electron chi connectivity index (χ2n) is 5.34. The van der Waals surface area contributed by atoms with Crippen LogP contribution < -0.4 is 5.32 Å². The maximum absolute atomic E-state index is 11.9. The average Bonchev–Trinajstić information content (AvgIpc) is 2.35. The van der Waals surface area contributed by atoms with Crippen molar-refractivity contribution in [3.8, 4) is 0 Å². The quantitative estimate of drug-likeness (QED) is 0.770. The third-order valence-electron chi connectivity index (χ3n) is 3.42. The number of carbonyl (C=O) groups is 3. The van der Waals surface area contributed by atoms with Crippen LogP contribution in [0.4, 0.5) is 5.69 Å². The lowest BCUT2D eigenvalue weighted by Crippen LogP contribution is -2.50. The molecule has 21 heavy (non-hydrogen) atoms. The van der Waals surface area contributed by atoms with Gasteiger partial charge in [-0.3, -0.25) is 19.3 Å². The number of hydrogen-bond acceptors (Lipinski definition) is 4. The summed E-state index contributed by atoms with van der Waals surface area (Å²) in [6.07, 6.45) is 0.152. The van der Waals surface area contributed by atoms with Gasteiger partial charge < -0.3 is 10.4 Å². The fraction of sp³-hybridized carbons (Fsp3) is 0.400. The number of hydrogen-bond donors (Lipinski definition) is 2. The van der Waals surface area contributed by atoms with Crippen molar-refractivity contribution in [3.05, 3.63) is 29.8 Å². The van der Waals surface area contributed by atoms with E-state index in [2.05, 4.69) is 5.32 Å². The van der Waals surface area contributed by atoms with E-state index in [-0.39, 0.29) is 30.6 Å². The van der Waals surface area contributed by atoms with E-state index in [0.717, 1.165) is 0 Å². The third-order valence-corrected chi connectivity index (χ3v) is 3.42. The standard InChI is InChI=1S/C15H18N2O4/c1-10(18)12-3-2-4-13(6-12)16-14(19)9-17-7-11(8-17)5-15(20)21/h2-4,6,11H,5,7-9H2,1H3,(H,16,19)(H,20,21). The van der Waals surface area contributed by atoms with Crippen LogP contribution in [0.3, 0.4) is 0 Å². The first-order valence-corrected chi connectivity index (χ1v) is 6.79. The number of anilines is 1. The van der Waals surface area contributed by atoms with Gasteiger partial charge >= 0.3 is 5.97 Å². The first kappa shape index (κ1) is 15.2. The molecule has 2 rings (SSSR count). The molecule has 1 fully saturated rings. The second-order valence-corrected chi connectivity index (χ2v) is 5.34. The molecule has 0 saturated carbocycles. The zero-order chi connectivity index (χ0) is 15.4. The van der Waals surface area contributed by atoms with E-state index >= 15 is 0 Å². The van der Waals surface area contributed by atoms with Gasteiger partial charge in [0.15, 0.2) is 5.78 Å². The predicted molar refractivity (Wildman–Crippen MR) is 77.3 cm³/mol. The monoisotopic (exact) mass is 290 g/mol. The van der Waals surface area contributed by atoms with Crippen molar-refractivity contribution >= 4 is 23.3 Å². The molecule has 0 atom stereocenters. The van der Waals surface area contributed by atoms with E-state index in [1.807, 2.05) is 4.90 Å². The molecule has 0 spiro atoms. The van der Waals surface area contributed by atoms with Crippen LogP contribution >= 0.6 is 0 Å². The van der Waals surface area contributed by atoms with Gasteiger partial charge in [-0.15, -0.1) is 0 Å². The van der Waals surface area contributed by atoms with Crippen molar-refractivity contribution in [3.63, 3.8) is 0 Å². The van der Waals surface area contributed by atoms with Crippen LogP contribution in [0.1, 0.15) is 23.7 Å². The molecule has 0 unspecified atom stereocenters. The van der Waals surface area contributed by atoms with Crippen LogP contribution in [0.25, 0.3) is 0 Å². The number of benzene rings is 1. The number of carbonyl (C=O) groups excluding carboxylic acids is 2. The summed E-state index contributed by atoms with van der Waals surface area (Å²) in [5.41, 5.74) is 1.15. The number of ketones is 1. The molecule has 0 bridgehead atoms. The SMILES string of the molecule is CC(=O)c1cccc(NC(=O)CN2CC(CC(=O)O)C2)c1. The molecule has 2 N–H and O–H groups in total. The van der Waals surface area contributed by atoms with Gasteiger partial charge in [0.05, 0.1) is 13.0 Å². The summed E-state index contributed by atoms with van der Waals surface area (Å²) in [6.45, 7) is 2.98. The summed E-state index contributed by atoms with van der Waals surface area (Å²) >= 11 is 0. The lowest BCUT2D eigenvalue weighted by atomic mass is 9.96. The number of nitrogens with zero attached hydrogens (tertiary/aromatic N) is 1. The number of aliphatic carboxylic acids is 1. The third kappa shape index (κ3) is 4.39.